The van der Waals surface area contributed by atoms with Crippen molar-refractivity contribution < 1.29 is 26.3 Å². The summed E-state index contributed by atoms with van der Waals surface area (Å²) in [5.74, 6) is -0.233. The maximum atomic E-state index is 13.0. The Morgan fingerprint density at radius 3 is 2.50 bits per heavy atom. The highest BCUT2D eigenvalue weighted by atomic mass is 32.2. The first-order valence-electron chi connectivity index (χ1n) is 9.42. The molecule has 0 aliphatic carbocycles. The van der Waals surface area contributed by atoms with E-state index >= 15 is 0 Å². The maximum Gasteiger partial charge on any atom is 0.433 e. The number of ether oxygens (including phenoxy) is 1. The van der Waals surface area contributed by atoms with Gasteiger partial charge in [-0.05, 0) is 25.9 Å². The van der Waals surface area contributed by atoms with Gasteiger partial charge in [-0.15, -0.1) is 0 Å². The highest BCUT2D eigenvalue weighted by Crippen LogP contribution is 2.31. The third-order valence-electron chi connectivity index (χ3n) is 5.30. The predicted molar refractivity (Wildman–Crippen MR) is 98.0 cm³/mol. The Bertz CT molecular complexity index is 1010. The Labute approximate surface area is 171 Å². The second-order valence-electron chi connectivity index (χ2n) is 7.41. The summed E-state index contributed by atoms with van der Waals surface area (Å²) in [6, 6.07) is 0.437. The predicted octanol–water partition coefficient (Wildman–Crippen LogP) is 1.15. The Morgan fingerprint density at radius 2 is 1.87 bits per heavy atom. The van der Waals surface area contributed by atoms with Crippen molar-refractivity contribution in [3.63, 3.8) is 0 Å². The van der Waals surface area contributed by atoms with E-state index < -0.39 is 28.0 Å². The van der Waals surface area contributed by atoms with Crippen molar-refractivity contribution in [3.8, 4) is 5.88 Å². The number of halogens is 3. The molecule has 4 rings (SSSR count). The van der Waals surface area contributed by atoms with Crippen molar-refractivity contribution in [2.24, 2.45) is 7.05 Å². The van der Waals surface area contributed by atoms with Gasteiger partial charge in [0.25, 0.3) is 10.0 Å². The summed E-state index contributed by atoms with van der Waals surface area (Å²) in [6.45, 7) is 1.71. The molecule has 0 bridgehead atoms. The van der Waals surface area contributed by atoms with Crippen molar-refractivity contribution >= 4 is 10.0 Å². The van der Waals surface area contributed by atoms with Gasteiger partial charge in [0.15, 0.2) is 10.7 Å². The zero-order chi connectivity index (χ0) is 21.5. The van der Waals surface area contributed by atoms with Gasteiger partial charge in [-0.1, -0.05) is 0 Å². The molecule has 9 nitrogen and oxygen atoms in total. The van der Waals surface area contributed by atoms with Crippen molar-refractivity contribution in [3.05, 3.63) is 30.6 Å². The van der Waals surface area contributed by atoms with Crippen LogP contribution in [-0.2, 0) is 23.2 Å². The Kier molecular flexibility index (Phi) is 5.45. The lowest BCUT2D eigenvalue weighted by molar-refractivity contribution is -0.141. The van der Waals surface area contributed by atoms with E-state index in [1.165, 1.54) is 21.4 Å². The Morgan fingerprint density at radius 1 is 1.13 bits per heavy atom. The van der Waals surface area contributed by atoms with Gasteiger partial charge in [-0.2, -0.15) is 17.5 Å². The molecule has 0 aromatic carbocycles. The van der Waals surface area contributed by atoms with Gasteiger partial charge < -0.3 is 9.30 Å². The highest BCUT2D eigenvalue weighted by Gasteiger charge is 2.45. The third kappa shape index (κ3) is 4.14. The van der Waals surface area contributed by atoms with Crippen LogP contribution >= 0.6 is 0 Å². The van der Waals surface area contributed by atoms with Gasteiger partial charge in [0, 0.05) is 25.9 Å². The minimum atomic E-state index is -4.63. The van der Waals surface area contributed by atoms with Gasteiger partial charge in [-0.3, -0.25) is 4.90 Å². The number of imidazole rings is 1. The summed E-state index contributed by atoms with van der Waals surface area (Å²) in [7, 11) is -2.19. The van der Waals surface area contributed by atoms with E-state index in [2.05, 4.69) is 19.9 Å². The number of alkyl halides is 3. The third-order valence-corrected chi connectivity index (χ3v) is 7.02. The molecule has 2 aliphatic rings. The van der Waals surface area contributed by atoms with E-state index in [4.69, 9.17) is 4.74 Å². The molecule has 13 heteroatoms. The summed E-state index contributed by atoms with van der Waals surface area (Å²) in [4.78, 5) is 13.1. The molecule has 2 fully saturated rings. The van der Waals surface area contributed by atoms with Gasteiger partial charge in [0.2, 0.25) is 5.88 Å². The normalized spacial score (nSPS) is 23.9. The minimum absolute atomic E-state index is 0.00850. The van der Waals surface area contributed by atoms with Crippen molar-refractivity contribution in [2.75, 3.05) is 26.2 Å². The summed E-state index contributed by atoms with van der Waals surface area (Å²) >= 11 is 0. The van der Waals surface area contributed by atoms with E-state index in [-0.39, 0.29) is 30.0 Å². The van der Waals surface area contributed by atoms with Gasteiger partial charge in [0.05, 0.1) is 18.9 Å². The van der Waals surface area contributed by atoms with Crippen LogP contribution in [0.1, 0.15) is 18.5 Å². The molecule has 0 saturated carbocycles. The van der Waals surface area contributed by atoms with Crippen LogP contribution in [0.15, 0.2) is 29.9 Å². The zero-order valence-electron chi connectivity index (χ0n) is 16.2. The largest absolute Gasteiger partial charge is 0.471 e. The molecule has 2 aromatic heterocycles. The average Bonchev–Trinajstić information content (AvgIpc) is 3.41. The molecule has 2 saturated heterocycles. The van der Waals surface area contributed by atoms with Gasteiger partial charge in [-0.25, -0.2) is 23.4 Å². The lowest BCUT2D eigenvalue weighted by atomic mass is 10.2. The van der Waals surface area contributed by atoms with E-state index in [1.807, 2.05) is 0 Å². The molecule has 0 radical (unpaired) electrons. The lowest BCUT2D eigenvalue weighted by Gasteiger charge is -2.28. The minimum Gasteiger partial charge on any atom is -0.471 e. The van der Waals surface area contributed by atoms with E-state index in [0.29, 0.717) is 0 Å². The first-order chi connectivity index (χ1) is 14.1. The van der Waals surface area contributed by atoms with Crippen LogP contribution in [0, 0.1) is 0 Å². The quantitative estimate of drug-likeness (QED) is 0.680. The summed E-state index contributed by atoms with van der Waals surface area (Å²) in [5, 5.41) is -0.0767. The first kappa shape index (κ1) is 21.0. The highest BCUT2D eigenvalue weighted by molar-refractivity contribution is 7.89. The monoisotopic (exact) mass is 446 g/mol. The fourth-order valence-corrected chi connectivity index (χ4v) is 5.26. The van der Waals surface area contributed by atoms with Gasteiger partial charge >= 0.3 is 6.18 Å². The molecule has 2 atom stereocenters. The average molecular weight is 446 g/mol. The number of hydrogen-bond donors (Lipinski definition) is 0. The number of likely N-dealkylation sites (tertiary alicyclic amines) is 1. The molecular formula is C17H21F3N6O3S. The fourth-order valence-electron chi connectivity index (χ4n) is 3.83. The number of rotatable bonds is 5. The van der Waals surface area contributed by atoms with Crippen LogP contribution in [0.3, 0.4) is 0 Å². The van der Waals surface area contributed by atoms with Gasteiger partial charge in [0.1, 0.15) is 12.4 Å². The van der Waals surface area contributed by atoms with Crippen LogP contribution < -0.4 is 4.74 Å². The number of hydrogen-bond acceptors (Lipinski definition) is 7. The molecule has 0 amide bonds. The van der Waals surface area contributed by atoms with E-state index in [0.717, 1.165) is 38.3 Å². The molecule has 164 valence electrons. The molecule has 4 heterocycles. The first-order valence-corrected chi connectivity index (χ1v) is 10.9. The van der Waals surface area contributed by atoms with Crippen molar-refractivity contribution in [2.45, 2.75) is 36.2 Å². The standard InChI is InChI=1S/C17H21F3N6O3S/c1-24-9-16(23-11-24)30(27,28)26-7-12(25-4-2-3-5-25)13(8-26)29-15-6-14(17(18,19)20)21-10-22-15/h6,9-13H,2-5,7-8H2,1H3. The Balaban J connectivity index is 1.59. The van der Waals surface area contributed by atoms with E-state index in [9.17, 15) is 21.6 Å². The summed E-state index contributed by atoms with van der Waals surface area (Å²) in [5.41, 5.74) is -1.11. The fraction of sp³-hybridized carbons (Fsp3) is 0.588. The maximum absolute atomic E-state index is 13.0. The molecule has 0 N–H and O–H groups in total. The van der Waals surface area contributed by atoms with Crippen LogP contribution in [0.4, 0.5) is 13.2 Å². The number of aryl methyl sites for hydroxylation is 1. The number of nitrogens with zero attached hydrogens (tertiary/aromatic N) is 6. The molecule has 0 spiro atoms. The van der Waals surface area contributed by atoms with Crippen LogP contribution in [-0.4, -0.2) is 75.5 Å². The second-order valence-corrected chi connectivity index (χ2v) is 9.29. The molecule has 2 unspecified atom stereocenters. The molecule has 30 heavy (non-hydrogen) atoms. The Hall–Kier alpha value is -2.25. The number of aromatic nitrogens is 4. The summed E-state index contributed by atoms with van der Waals surface area (Å²) < 4.78 is 73.5. The number of sulfonamides is 1. The van der Waals surface area contributed by atoms with Crippen LogP contribution in [0.2, 0.25) is 0 Å². The SMILES string of the molecule is Cn1cnc(S(=O)(=O)N2CC(Oc3cc(C(F)(F)F)ncn3)C(N3CCCC3)C2)c1. The molecule has 2 aliphatic heterocycles. The topological polar surface area (TPSA) is 93.5 Å². The van der Waals surface area contributed by atoms with E-state index in [1.54, 1.807) is 7.05 Å². The zero-order valence-corrected chi connectivity index (χ0v) is 17.0. The smallest absolute Gasteiger partial charge is 0.433 e. The lowest BCUT2D eigenvalue weighted by Crippen LogP contribution is -2.44. The van der Waals surface area contributed by atoms with Crippen molar-refractivity contribution in [1.82, 2.24) is 28.7 Å². The second kappa shape index (κ2) is 7.78. The molecular weight excluding hydrogens is 425 g/mol. The van der Waals surface area contributed by atoms with Crippen molar-refractivity contribution in [1.29, 1.82) is 0 Å². The summed E-state index contributed by atoms with van der Waals surface area (Å²) in [6.07, 6.45) is 0.254. The van der Waals surface area contributed by atoms with Crippen LogP contribution in [0.5, 0.6) is 5.88 Å². The van der Waals surface area contributed by atoms with Crippen LogP contribution in [0.25, 0.3) is 0 Å². The molecule has 2 aromatic rings.